The van der Waals surface area contributed by atoms with Crippen molar-refractivity contribution in [3.63, 3.8) is 0 Å². The molecule has 2 atom stereocenters. The summed E-state index contributed by atoms with van der Waals surface area (Å²) in [6.45, 7) is 0. The van der Waals surface area contributed by atoms with Crippen molar-refractivity contribution in [2.45, 2.75) is 24.7 Å². The minimum atomic E-state index is 0.337. The molecule has 26 heavy (non-hydrogen) atoms. The highest BCUT2D eigenvalue weighted by atomic mass is 14.8. The molecular formula is C22H18N4. The van der Waals surface area contributed by atoms with Crippen molar-refractivity contribution in [1.29, 1.82) is 0 Å². The summed E-state index contributed by atoms with van der Waals surface area (Å²) in [7, 11) is 0. The van der Waals surface area contributed by atoms with Gasteiger partial charge in [0.05, 0.1) is 11.0 Å². The van der Waals surface area contributed by atoms with E-state index in [9.17, 15) is 0 Å². The first-order valence-electron chi connectivity index (χ1n) is 9.06. The first kappa shape index (κ1) is 14.1. The van der Waals surface area contributed by atoms with Crippen LogP contribution in [0.2, 0.25) is 0 Å². The maximum absolute atomic E-state index is 6.61. The van der Waals surface area contributed by atoms with Crippen LogP contribution in [-0.4, -0.2) is 9.97 Å². The summed E-state index contributed by atoms with van der Waals surface area (Å²) < 4.78 is 0. The summed E-state index contributed by atoms with van der Waals surface area (Å²) >= 11 is 0. The Morgan fingerprint density at radius 3 is 1.54 bits per heavy atom. The van der Waals surface area contributed by atoms with E-state index in [0.717, 1.165) is 57.4 Å². The van der Waals surface area contributed by atoms with Crippen molar-refractivity contribution < 1.29 is 0 Å². The molecule has 2 aliphatic rings. The molecule has 4 N–H and O–H groups in total. The average molecular weight is 338 g/mol. The van der Waals surface area contributed by atoms with Gasteiger partial charge in [0.15, 0.2) is 0 Å². The zero-order valence-electron chi connectivity index (χ0n) is 14.2. The molecule has 0 saturated heterocycles. The predicted molar refractivity (Wildman–Crippen MR) is 105 cm³/mol. The first-order chi connectivity index (χ1) is 12.7. The average Bonchev–Trinajstić information content (AvgIpc) is 3.17. The van der Waals surface area contributed by atoms with Gasteiger partial charge in [0.2, 0.25) is 0 Å². The third kappa shape index (κ3) is 1.64. The van der Waals surface area contributed by atoms with Crippen LogP contribution in [0, 0.1) is 0 Å². The van der Waals surface area contributed by atoms with Crippen LogP contribution in [0.1, 0.15) is 34.4 Å². The Bertz CT molecular complexity index is 1130. The summed E-state index contributed by atoms with van der Waals surface area (Å²) in [6.07, 6.45) is 1.79. The molecule has 126 valence electrons. The summed E-state index contributed by atoms with van der Waals surface area (Å²) in [6, 6.07) is 16.3. The van der Waals surface area contributed by atoms with Gasteiger partial charge in [0, 0.05) is 56.5 Å². The van der Waals surface area contributed by atoms with E-state index in [2.05, 4.69) is 12.1 Å². The number of para-hydroxylation sites is 2. The maximum Gasteiger partial charge on any atom is 0.0726 e. The van der Waals surface area contributed by atoms with Gasteiger partial charge in [-0.1, -0.05) is 36.4 Å². The highest BCUT2D eigenvalue weighted by Gasteiger charge is 2.44. The number of hydrogen-bond donors (Lipinski definition) is 2. The Kier molecular flexibility index (Phi) is 2.56. The van der Waals surface area contributed by atoms with Crippen LogP contribution in [0.25, 0.3) is 21.8 Å². The number of nitrogen functional groups attached to an aromatic ring is 2. The topological polar surface area (TPSA) is 77.8 Å². The molecule has 0 radical (unpaired) electrons. The predicted octanol–water partition coefficient (Wildman–Crippen LogP) is 3.93. The quantitative estimate of drug-likeness (QED) is 0.509. The van der Waals surface area contributed by atoms with Gasteiger partial charge in [-0.3, -0.25) is 9.97 Å². The minimum absolute atomic E-state index is 0.337. The number of fused-ring (bicyclic) bond motifs is 7. The summed E-state index contributed by atoms with van der Waals surface area (Å²) in [5.41, 5.74) is 21.6. The van der Waals surface area contributed by atoms with E-state index in [1.165, 1.54) is 11.1 Å². The zero-order chi connectivity index (χ0) is 17.4. The minimum Gasteiger partial charge on any atom is -0.398 e. The molecule has 2 aliphatic carbocycles. The van der Waals surface area contributed by atoms with Crippen LogP contribution >= 0.6 is 0 Å². The van der Waals surface area contributed by atoms with Gasteiger partial charge in [-0.15, -0.1) is 0 Å². The van der Waals surface area contributed by atoms with Crippen molar-refractivity contribution in [2.75, 3.05) is 11.5 Å². The molecule has 0 bridgehead atoms. The Labute approximate surface area is 150 Å². The van der Waals surface area contributed by atoms with Crippen molar-refractivity contribution in [3.8, 4) is 0 Å². The molecule has 4 nitrogen and oxygen atoms in total. The van der Waals surface area contributed by atoms with Crippen molar-refractivity contribution in [1.82, 2.24) is 9.97 Å². The Morgan fingerprint density at radius 1 is 0.654 bits per heavy atom. The summed E-state index contributed by atoms with van der Waals surface area (Å²) in [4.78, 5) is 9.85. The maximum atomic E-state index is 6.61. The molecule has 4 heteroatoms. The number of nitrogens with two attached hydrogens (primary N) is 2. The van der Waals surface area contributed by atoms with Crippen LogP contribution in [0.4, 0.5) is 11.4 Å². The van der Waals surface area contributed by atoms with Gasteiger partial charge >= 0.3 is 0 Å². The molecule has 0 aliphatic heterocycles. The van der Waals surface area contributed by atoms with Gasteiger partial charge in [-0.05, 0) is 25.0 Å². The molecule has 2 aromatic carbocycles. The molecule has 0 amide bonds. The van der Waals surface area contributed by atoms with Crippen molar-refractivity contribution >= 4 is 33.2 Å². The second kappa shape index (κ2) is 4.73. The number of benzene rings is 2. The number of rotatable bonds is 0. The largest absolute Gasteiger partial charge is 0.398 e. The van der Waals surface area contributed by atoms with Gasteiger partial charge in [-0.25, -0.2) is 0 Å². The molecule has 6 rings (SSSR count). The molecule has 0 spiro atoms. The van der Waals surface area contributed by atoms with E-state index in [1.54, 1.807) is 0 Å². The van der Waals surface area contributed by atoms with Crippen LogP contribution in [0.5, 0.6) is 0 Å². The van der Waals surface area contributed by atoms with Crippen molar-refractivity contribution in [2.24, 2.45) is 0 Å². The number of pyridine rings is 2. The normalized spacial score (nSPS) is 20.3. The number of hydrogen-bond acceptors (Lipinski definition) is 4. The SMILES string of the molecule is Nc1c2c(nc3ccccc13)C[C@@H]1c3c(nc4ccccc4c3N)C[C@H]21. The highest BCUT2D eigenvalue weighted by molar-refractivity contribution is 5.95. The lowest BCUT2D eigenvalue weighted by molar-refractivity contribution is 0.633. The number of anilines is 2. The lowest BCUT2D eigenvalue weighted by atomic mass is 9.91. The highest BCUT2D eigenvalue weighted by Crippen LogP contribution is 2.55. The standard InChI is InChI=1S/C22H18N4/c23-21-11-5-1-3-7-15(11)25-17-10-14-13(19(17)21)9-18-20(14)22(24)12-6-2-4-8-16(12)26-18/h1-8,13-14H,9-10H2,(H2,23,25)(H2,24,26)/t13-,14-/m0/s1. The van der Waals surface area contributed by atoms with E-state index in [1.807, 2.05) is 36.4 Å². The van der Waals surface area contributed by atoms with E-state index in [-0.39, 0.29) is 0 Å². The smallest absolute Gasteiger partial charge is 0.0726 e. The number of aromatic nitrogens is 2. The second-order valence-electron chi connectivity index (χ2n) is 7.43. The molecular weight excluding hydrogens is 320 g/mol. The van der Waals surface area contributed by atoms with Gasteiger partial charge in [0.1, 0.15) is 0 Å². The molecule has 2 heterocycles. The fourth-order valence-electron chi connectivity index (χ4n) is 5.06. The third-order valence-electron chi connectivity index (χ3n) is 6.16. The summed E-state index contributed by atoms with van der Waals surface area (Å²) in [5.74, 6) is 0.674. The number of nitrogens with zero attached hydrogens (tertiary/aromatic N) is 2. The Balaban J connectivity index is 1.59. The van der Waals surface area contributed by atoms with Crippen LogP contribution in [0.3, 0.4) is 0 Å². The molecule has 4 aromatic rings. The fraction of sp³-hybridized carbons (Fsp3) is 0.182. The lowest BCUT2D eigenvalue weighted by Gasteiger charge is -2.14. The third-order valence-corrected chi connectivity index (χ3v) is 6.16. The van der Waals surface area contributed by atoms with Crippen molar-refractivity contribution in [3.05, 3.63) is 71.0 Å². The van der Waals surface area contributed by atoms with E-state index >= 15 is 0 Å². The Morgan fingerprint density at radius 2 is 1.08 bits per heavy atom. The first-order valence-corrected chi connectivity index (χ1v) is 9.06. The van der Waals surface area contributed by atoms with Crippen LogP contribution in [0.15, 0.2) is 48.5 Å². The second-order valence-corrected chi connectivity index (χ2v) is 7.43. The lowest BCUT2D eigenvalue weighted by Crippen LogP contribution is -2.04. The Hall–Kier alpha value is -3.14. The molecule has 0 saturated carbocycles. The zero-order valence-corrected chi connectivity index (χ0v) is 14.2. The molecule has 0 unspecified atom stereocenters. The van der Waals surface area contributed by atoms with Crippen LogP contribution < -0.4 is 11.5 Å². The molecule has 0 fully saturated rings. The van der Waals surface area contributed by atoms with E-state index < -0.39 is 0 Å². The summed E-state index contributed by atoms with van der Waals surface area (Å²) in [5, 5.41) is 2.10. The van der Waals surface area contributed by atoms with E-state index in [4.69, 9.17) is 21.4 Å². The van der Waals surface area contributed by atoms with E-state index in [0.29, 0.717) is 11.8 Å². The van der Waals surface area contributed by atoms with Gasteiger partial charge in [-0.2, -0.15) is 0 Å². The molecule has 2 aromatic heterocycles. The van der Waals surface area contributed by atoms with Gasteiger partial charge < -0.3 is 11.5 Å². The van der Waals surface area contributed by atoms with Gasteiger partial charge in [0.25, 0.3) is 0 Å². The monoisotopic (exact) mass is 338 g/mol. The van der Waals surface area contributed by atoms with Crippen LogP contribution in [-0.2, 0) is 12.8 Å². The fourth-order valence-corrected chi connectivity index (χ4v) is 5.06.